The Balaban J connectivity index is 3.52. The number of carbonyl (C=O) groups is 2. The molecule has 0 aliphatic heterocycles. The SMILES string of the molecule is CCCCCCCCOOC(=O)C(C=O)CCOCC. The average molecular weight is 288 g/mol. The van der Waals surface area contributed by atoms with E-state index in [4.69, 9.17) is 9.62 Å². The first-order valence-electron chi connectivity index (χ1n) is 7.62. The van der Waals surface area contributed by atoms with Crippen LogP contribution in [0.15, 0.2) is 0 Å². The van der Waals surface area contributed by atoms with Crippen molar-refractivity contribution in [2.75, 3.05) is 19.8 Å². The Morgan fingerprint density at radius 3 is 2.40 bits per heavy atom. The summed E-state index contributed by atoms with van der Waals surface area (Å²) in [6.07, 6.45) is 7.74. The Hall–Kier alpha value is -0.940. The third-order valence-electron chi connectivity index (χ3n) is 2.97. The van der Waals surface area contributed by atoms with E-state index in [1.807, 2.05) is 6.92 Å². The van der Waals surface area contributed by atoms with Gasteiger partial charge in [0, 0.05) is 13.2 Å². The van der Waals surface area contributed by atoms with Crippen molar-refractivity contribution in [3.8, 4) is 0 Å². The summed E-state index contributed by atoms with van der Waals surface area (Å²) in [5.74, 6) is -1.43. The molecule has 118 valence electrons. The molecule has 0 N–H and O–H groups in total. The molecule has 0 heterocycles. The Kier molecular flexibility index (Phi) is 13.8. The number of aldehydes is 1. The fraction of sp³-hybridized carbons (Fsp3) is 0.867. The van der Waals surface area contributed by atoms with Crippen LogP contribution in [0.5, 0.6) is 0 Å². The van der Waals surface area contributed by atoms with Crippen molar-refractivity contribution in [3.63, 3.8) is 0 Å². The molecular formula is C15H28O5. The molecule has 1 atom stereocenters. The van der Waals surface area contributed by atoms with Crippen molar-refractivity contribution < 1.29 is 24.1 Å². The van der Waals surface area contributed by atoms with Crippen LogP contribution in [0.4, 0.5) is 0 Å². The zero-order valence-corrected chi connectivity index (χ0v) is 12.8. The Morgan fingerprint density at radius 1 is 1.05 bits per heavy atom. The summed E-state index contributed by atoms with van der Waals surface area (Å²) in [6, 6.07) is 0. The minimum Gasteiger partial charge on any atom is -0.382 e. The lowest BCUT2D eigenvalue weighted by molar-refractivity contribution is -0.275. The summed E-state index contributed by atoms with van der Waals surface area (Å²) in [5.41, 5.74) is 0. The lowest BCUT2D eigenvalue weighted by Crippen LogP contribution is -2.21. The maximum absolute atomic E-state index is 11.5. The smallest absolute Gasteiger partial charge is 0.352 e. The zero-order valence-electron chi connectivity index (χ0n) is 12.8. The molecule has 0 aromatic heterocycles. The minimum absolute atomic E-state index is 0.330. The highest BCUT2D eigenvalue weighted by Gasteiger charge is 2.20. The Morgan fingerprint density at radius 2 is 1.75 bits per heavy atom. The van der Waals surface area contributed by atoms with Gasteiger partial charge in [0.25, 0.3) is 0 Å². The number of hydrogen-bond donors (Lipinski definition) is 0. The van der Waals surface area contributed by atoms with Crippen LogP contribution in [-0.4, -0.2) is 32.1 Å². The normalized spacial score (nSPS) is 12.1. The van der Waals surface area contributed by atoms with E-state index in [0.717, 1.165) is 12.8 Å². The summed E-state index contributed by atoms with van der Waals surface area (Å²) in [5, 5.41) is 0. The van der Waals surface area contributed by atoms with E-state index in [-0.39, 0.29) is 0 Å². The van der Waals surface area contributed by atoms with Gasteiger partial charge in [-0.2, -0.15) is 4.89 Å². The minimum atomic E-state index is -0.800. The zero-order chi connectivity index (χ0) is 15.1. The van der Waals surface area contributed by atoms with E-state index in [0.29, 0.717) is 32.5 Å². The molecule has 0 aliphatic rings. The first kappa shape index (κ1) is 19.1. The first-order valence-corrected chi connectivity index (χ1v) is 7.62. The van der Waals surface area contributed by atoms with Crippen LogP contribution in [0, 0.1) is 5.92 Å². The second-order valence-electron chi connectivity index (χ2n) is 4.72. The summed E-state index contributed by atoms with van der Waals surface area (Å²) >= 11 is 0. The number of ether oxygens (including phenoxy) is 1. The standard InChI is InChI=1S/C15H28O5/c1-3-5-6-7-8-9-11-19-20-15(17)14(13-16)10-12-18-4-2/h13-14H,3-12H2,1-2H3. The van der Waals surface area contributed by atoms with Crippen LogP contribution < -0.4 is 0 Å². The molecule has 5 nitrogen and oxygen atoms in total. The van der Waals surface area contributed by atoms with Gasteiger partial charge in [0.1, 0.15) is 12.2 Å². The van der Waals surface area contributed by atoms with Gasteiger partial charge in [0.15, 0.2) is 0 Å². The van der Waals surface area contributed by atoms with Gasteiger partial charge in [0.05, 0.1) is 6.61 Å². The van der Waals surface area contributed by atoms with Crippen molar-refractivity contribution in [3.05, 3.63) is 0 Å². The predicted molar refractivity (Wildman–Crippen MR) is 76.1 cm³/mol. The summed E-state index contributed by atoms with van der Waals surface area (Å²) in [7, 11) is 0. The van der Waals surface area contributed by atoms with Gasteiger partial charge in [-0.3, -0.25) is 4.89 Å². The molecule has 0 aromatic carbocycles. The first-order chi connectivity index (χ1) is 9.76. The molecule has 0 spiro atoms. The number of carbonyl (C=O) groups excluding carboxylic acids is 2. The van der Waals surface area contributed by atoms with Crippen LogP contribution in [0.25, 0.3) is 0 Å². The van der Waals surface area contributed by atoms with E-state index in [2.05, 4.69) is 11.8 Å². The van der Waals surface area contributed by atoms with Gasteiger partial charge in [-0.1, -0.05) is 39.0 Å². The third kappa shape index (κ3) is 10.9. The fourth-order valence-electron chi connectivity index (χ4n) is 1.70. The predicted octanol–water partition coefficient (Wildman–Crippen LogP) is 3.06. The topological polar surface area (TPSA) is 61.8 Å². The summed E-state index contributed by atoms with van der Waals surface area (Å²) < 4.78 is 5.10. The highest BCUT2D eigenvalue weighted by atomic mass is 17.2. The van der Waals surface area contributed by atoms with Crippen molar-refractivity contribution in [2.45, 2.75) is 58.8 Å². The molecule has 0 aromatic rings. The lowest BCUT2D eigenvalue weighted by atomic mass is 10.1. The van der Waals surface area contributed by atoms with E-state index in [1.54, 1.807) is 0 Å². The maximum Gasteiger partial charge on any atom is 0.352 e. The second-order valence-corrected chi connectivity index (χ2v) is 4.72. The molecule has 0 radical (unpaired) electrons. The van der Waals surface area contributed by atoms with Crippen molar-refractivity contribution in [2.24, 2.45) is 5.92 Å². The number of rotatable bonds is 14. The van der Waals surface area contributed by atoms with Crippen molar-refractivity contribution in [1.82, 2.24) is 0 Å². The highest BCUT2D eigenvalue weighted by molar-refractivity contribution is 5.87. The molecule has 1 unspecified atom stereocenters. The van der Waals surface area contributed by atoms with Crippen LogP contribution >= 0.6 is 0 Å². The quantitative estimate of drug-likeness (QED) is 0.162. The molecule has 0 aliphatic carbocycles. The summed E-state index contributed by atoms with van der Waals surface area (Å²) in [4.78, 5) is 31.7. The molecular weight excluding hydrogens is 260 g/mol. The molecule has 0 bridgehead atoms. The lowest BCUT2D eigenvalue weighted by Gasteiger charge is -2.09. The largest absolute Gasteiger partial charge is 0.382 e. The van der Waals surface area contributed by atoms with E-state index >= 15 is 0 Å². The monoisotopic (exact) mass is 288 g/mol. The number of hydrogen-bond acceptors (Lipinski definition) is 5. The van der Waals surface area contributed by atoms with Gasteiger partial charge in [-0.05, 0) is 19.8 Å². The third-order valence-corrected chi connectivity index (χ3v) is 2.97. The Labute approximate surface area is 121 Å². The van der Waals surface area contributed by atoms with Crippen LogP contribution in [0.3, 0.4) is 0 Å². The van der Waals surface area contributed by atoms with Gasteiger partial charge in [0.2, 0.25) is 0 Å². The summed E-state index contributed by atoms with van der Waals surface area (Å²) in [6.45, 7) is 5.35. The van der Waals surface area contributed by atoms with Gasteiger partial charge in [-0.25, -0.2) is 4.79 Å². The Bertz CT molecular complexity index is 242. The van der Waals surface area contributed by atoms with E-state index in [1.165, 1.54) is 25.7 Å². The molecule has 0 rings (SSSR count). The van der Waals surface area contributed by atoms with Gasteiger partial charge >= 0.3 is 5.97 Å². The molecule has 5 heteroatoms. The van der Waals surface area contributed by atoms with Crippen LogP contribution in [0.2, 0.25) is 0 Å². The second kappa shape index (κ2) is 14.5. The average Bonchev–Trinajstić information content (AvgIpc) is 2.46. The maximum atomic E-state index is 11.5. The van der Waals surface area contributed by atoms with Crippen LogP contribution in [0.1, 0.15) is 58.8 Å². The molecule has 0 fully saturated rings. The molecule has 0 amide bonds. The molecule has 0 saturated heterocycles. The molecule has 0 saturated carbocycles. The van der Waals surface area contributed by atoms with Crippen LogP contribution in [-0.2, 0) is 24.1 Å². The van der Waals surface area contributed by atoms with Crippen molar-refractivity contribution >= 4 is 12.3 Å². The number of unbranched alkanes of at least 4 members (excludes halogenated alkanes) is 5. The van der Waals surface area contributed by atoms with E-state index in [9.17, 15) is 9.59 Å². The fourth-order valence-corrected chi connectivity index (χ4v) is 1.70. The van der Waals surface area contributed by atoms with Gasteiger partial charge < -0.3 is 9.53 Å². The van der Waals surface area contributed by atoms with Crippen molar-refractivity contribution in [1.29, 1.82) is 0 Å². The highest BCUT2D eigenvalue weighted by Crippen LogP contribution is 2.06. The van der Waals surface area contributed by atoms with E-state index < -0.39 is 11.9 Å². The molecule has 20 heavy (non-hydrogen) atoms. The van der Waals surface area contributed by atoms with Gasteiger partial charge in [-0.15, -0.1) is 0 Å².